The molecule has 0 atom stereocenters. The van der Waals surface area contributed by atoms with Gasteiger partial charge in [0.1, 0.15) is 5.60 Å². The lowest BCUT2D eigenvalue weighted by atomic mass is 9.94. The number of amides is 1. The molecule has 1 aliphatic heterocycles. The molecule has 1 aromatic rings. The van der Waals surface area contributed by atoms with Crippen molar-refractivity contribution < 1.29 is 32.2 Å². The third-order valence-corrected chi connectivity index (χ3v) is 4.52. The van der Waals surface area contributed by atoms with Gasteiger partial charge in [-0.15, -0.1) is 0 Å². The summed E-state index contributed by atoms with van der Waals surface area (Å²) in [5.74, 6) is -0.671. The van der Waals surface area contributed by atoms with Gasteiger partial charge in [-0.2, -0.15) is 13.2 Å². The van der Waals surface area contributed by atoms with E-state index in [1.165, 1.54) is 19.3 Å². The maximum Gasteiger partial charge on any atom is 0.416 e. The number of carbonyl (C=O) groups is 2. The lowest BCUT2D eigenvalue weighted by molar-refractivity contribution is -0.137. The van der Waals surface area contributed by atoms with Crippen molar-refractivity contribution in [3.05, 3.63) is 41.0 Å². The molecule has 0 bridgehead atoms. The van der Waals surface area contributed by atoms with Gasteiger partial charge in [-0.3, -0.25) is 0 Å². The molecule has 1 amide bonds. The summed E-state index contributed by atoms with van der Waals surface area (Å²) in [7, 11) is 1.17. The van der Waals surface area contributed by atoms with Gasteiger partial charge in [0.05, 0.1) is 18.2 Å². The molecule has 1 fully saturated rings. The number of rotatable bonds is 3. The lowest BCUT2D eigenvalue weighted by Crippen LogP contribution is -2.41. The largest absolute Gasteiger partial charge is 0.465 e. The van der Waals surface area contributed by atoms with Crippen LogP contribution in [0.2, 0.25) is 0 Å². The summed E-state index contributed by atoms with van der Waals surface area (Å²) in [5, 5.41) is 0. The fourth-order valence-electron chi connectivity index (χ4n) is 3.04. The van der Waals surface area contributed by atoms with Crippen LogP contribution in [0.3, 0.4) is 0 Å². The van der Waals surface area contributed by atoms with E-state index in [0.717, 1.165) is 12.1 Å². The van der Waals surface area contributed by atoms with Crippen molar-refractivity contribution >= 4 is 18.1 Å². The monoisotopic (exact) mass is 413 g/mol. The quantitative estimate of drug-likeness (QED) is 0.643. The van der Waals surface area contributed by atoms with Gasteiger partial charge in [-0.1, -0.05) is 12.2 Å². The molecule has 0 aliphatic carbocycles. The van der Waals surface area contributed by atoms with E-state index in [1.807, 2.05) is 0 Å². The van der Waals surface area contributed by atoms with Crippen molar-refractivity contribution in [3.8, 4) is 0 Å². The van der Waals surface area contributed by atoms with Crippen LogP contribution >= 0.6 is 0 Å². The molecule has 160 valence electrons. The number of methoxy groups -OCH3 is 1. The normalized spacial score (nSPS) is 16.2. The van der Waals surface area contributed by atoms with E-state index < -0.39 is 23.3 Å². The average molecular weight is 413 g/mol. The number of hydrogen-bond donors (Lipinski definition) is 0. The van der Waals surface area contributed by atoms with E-state index in [4.69, 9.17) is 4.74 Å². The summed E-state index contributed by atoms with van der Waals surface area (Å²) in [6.45, 7) is 6.32. The van der Waals surface area contributed by atoms with Crippen LogP contribution in [0.15, 0.2) is 24.3 Å². The molecule has 0 radical (unpaired) electrons. The van der Waals surface area contributed by atoms with Crippen molar-refractivity contribution in [1.29, 1.82) is 0 Å². The summed E-state index contributed by atoms with van der Waals surface area (Å²) in [6, 6.07) is 3.17. The first kappa shape index (κ1) is 22.8. The predicted octanol–water partition coefficient (Wildman–Crippen LogP) is 5.15. The Morgan fingerprint density at radius 1 is 1.14 bits per heavy atom. The Balaban J connectivity index is 2.10. The number of benzene rings is 1. The Morgan fingerprint density at radius 3 is 2.28 bits per heavy atom. The highest BCUT2D eigenvalue weighted by Crippen LogP contribution is 2.34. The molecule has 0 saturated carbocycles. The van der Waals surface area contributed by atoms with E-state index >= 15 is 0 Å². The smallest absolute Gasteiger partial charge is 0.416 e. The van der Waals surface area contributed by atoms with Crippen LogP contribution in [0.1, 0.15) is 55.1 Å². The third kappa shape index (κ3) is 6.51. The van der Waals surface area contributed by atoms with Crippen molar-refractivity contribution in [2.45, 2.75) is 45.4 Å². The van der Waals surface area contributed by atoms with Crippen LogP contribution in [0, 0.1) is 5.92 Å². The van der Waals surface area contributed by atoms with Gasteiger partial charge in [0.15, 0.2) is 0 Å². The van der Waals surface area contributed by atoms with Crippen molar-refractivity contribution in [2.24, 2.45) is 5.92 Å². The number of allylic oxidation sites excluding steroid dienone is 1. The van der Waals surface area contributed by atoms with Crippen LogP contribution in [0.5, 0.6) is 0 Å². The second-order valence-corrected chi connectivity index (χ2v) is 7.96. The minimum atomic E-state index is -4.53. The van der Waals surface area contributed by atoms with Crippen LogP contribution < -0.4 is 0 Å². The highest BCUT2D eigenvalue weighted by atomic mass is 19.4. The second-order valence-electron chi connectivity index (χ2n) is 7.96. The highest BCUT2D eigenvalue weighted by molar-refractivity contribution is 5.90. The number of esters is 1. The molecule has 0 spiro atoms. The van der Waals surface area contributed by atoms with E-state index in [1.54, 1.807) is 31.7 Å². The maximum absolute atomic E-state index is 13.3. The van der Waals surface area contributed by atoms with Gasteiger partial charge in [0, 0.05) is 13.1 Å². The number of likely N-dealkylation sites (tertiary alicyclic amines) is 1. The van der Waals surface area contributed by atoms with E-state index in [0.29, 0.717) is 25.9 Å². The number of ether oxygens (including phenoxy) is 2. The molecule has 2 rings (SSSR count). The van der Waals surface area contributed by atoms with Gasteiger partial charge in [0.2, 0.25) is 0 Å². The fraction of sp³-hybridized carbons (Fsp3) is 0.524. The summed E-state index contributed by atoms with van der Waals surface area (Å²) in [4.78, 5) is 25.4. The zero-order valence-corrected chi connectivity index (χ0v) is 17.0. The average Bonchev–Trinajstić information content (AvgIpc) is 2.63. The zero-order chi connectivity index (χ0) is 21.8. The van der Waals surface area contributed by atoms with E-state index in [9.17, 15) is 22.8 Å². The van der Waals surface area contributed by atoms with E-state index in [2.05, 4.69) is 4.74 Å². The Hall–Kier alpha value is -2.51. The summed E-state index contributed by atoms with van der Waals surface area (Å²) < 4.78 is 49.8. The number of alkyl halides is 3. The van der Waals surface area contributed by atoms with Gasteiger partial charge in [-0.05, 0) is 63.3 Å². The zero-order valence-electron chi connectivity index (χ0n) is 17.0. The first-order valence-electron chi connectivity index (χ1n) is 9.36. The Labute approximate surface area is 168 Å². The SMILES string of the molecule is COC(=O)c1ccc(C(F)(F)F)c(/C=C/C2CCN(C(=O)OC(C)(C)C)CC2)c1. The predicted molar refractivity (Wildman–Crippen MR) is 102 cm³/mol. The fourth-order valence-corrected chi connectivity index (χ4v) is 3.04. The number of carbonyl (C=O) groups excluding carboxylic acids is 2. The Kier molecular flexibility index (Phi) is 6.97. The first-order valence-corrected chi connectivity index (χ1v) is 9.36. The molecule has 1 heterocycles. The number of piperidine rings is 1. The number of halogens is 3. The summed E-state index contributed by atoms with van der Waals surface area (Å²) in [6.07, 6.45) is -0.582. The second kappa shape index (κ2) is 8.88. The van der Waals surface area contributed by atoms with Crippen molar-refractivity contribution in [1.82, 2.24) is 4.90 Å². The molecule has 8 heteroatoms. The van der Waals surface area contributed by atoms with Crippen LogP contribution in [-0.2, 0) is 15.7 Å². The van der Waals surface area contributed by atoms with Crippen LogP contribution in [-0.4, -0.2) is 42.8 Å². The molecule has 0 aromatic heterocycles. The third-order valence-electron chi connectivity index (χ3n) is 4.52. The molecular weight excluding hydrogens is 387 g/mol. The summed E-state index contributed by atoms with van der Waals surface area (Å²) in [5.41, 5.74) is -1.42. The Bertz CT molecular complexity index is 773. The molecule has 29 heavy (non-hydrogen) atoms. The molecule has 5 nitrogen and oxygen atoms in total. The standard InChI is InChI=1S/C21H26F3NO4/c1-20(2,3)29-19(27)25-11-9-14(10-12-25)5-6-15-13-16(18(26)28-4)7-8-17(15)21(22,23)24/h5-8,13-14H,9-12H2,1-4H3/b6-5+. The first-order chi connectivity index (χ1) is 13.4. The van der Waals surface area contributed by atoms with Crippen molar-refractivity contribution in [2.75, 3.05) is 20.2 Å². The lowest BCUT2D eigenvalue weighted by Gasteiger charge is -2.32. The molecular formula is C21H26F3NO4. The molecule has 1 aliphatic rings. The molecule has 0 N–H and O–H groups in total. The molecule has 1 saturated heterocycles. The summed E-state index contributed by atoms with van der Waals surface area (Å²) >= 11 is 0. The van der Waals surface area contributed by atoms with Gasteiger partial charge in [0.25, 0.3) is 0 Å². The highest BCUT2D eigenvalue weighted by Gasteiger charge is 2.33. The van der Waals surface area contributed by atoms with E-state index in [-0.39, 0.29) is 23.1 Å². The van der Waals surface area contributed by atoms with Crippen LogP contribution in [0.4, 0.5) is 18.0 Å². The topological polar surface area (TPSA) is 55.8 Å². The number of nitrogens with zero attached hydrogens (tertiary/aromatic N) is 1. The number of hydrogen-bond acceptors (Lipinski definition) is 4. The van der Waals surface area contributed by atoms with Gasteiger partial charge >= 0.3 is 18.2 Å². The Morgan fingerprint density at radius 2 is 1.76 bits per heavy atom. The minimum absolute atomic E-state index is 0.0246. The van der Waals surface area contributed by atoms with Crippen molar-refractivity contribution in [3.63, 3.8) is 0 Å². The minimum Gasteiger partial charge on any atom is -0.465 e. The molecule has 0 unspecified atom stereocenters. The van der Waals surface area contributed by atoms with Gasteiger partial charge in [-0.25, -0.2) is 9.59 Å². The molecule has 1 aromatic carbocycles. The maximum atomic E-state index is 13.3. The van der Waals surface area contributed by atoms with Gasteiger partial charge < -0.3 is 14.4 Å². The van der Waals surface area contributed by atoms with Crippen LogP contribution in [0.25, 0.3) is 6.08 Å².